The fraction of sp³-hybridized carbons (Fsp3) is 0.462. The lowest BCUT2D eigenvalue weighted by Gasteiger charge is -2.10. The maximum atomic E-state index is 11.7. The van der Waals surface area contributed by atoms with Crippen molar-refractivity contribution < 1.29 is 17.9 Å². The number of nitrogens with one attached hydrogen (secondary N) is 1. The van der Waals surface area contributed by atoms with E-state index in [1.807, 2.05) is 0 Å². The minimum Gasteiger partial charge on any atom is -0.492 e. The molecule has 1 saturated heterocycles. The number of benzene rings is 1. The highest BCUT2D eigenvalue weighted by atomic mass is 35.5. The zero-order valence-electron chi connectivity index (χ0n) is 10.8. The molecule has 1 aromatic rings. The Morgan fingerprint density at radius 2 is 2.05 bits per heavy atom. The van der Waals surface area contributed by atoms with Gasteiger partial charge in [0.2, 0.25) is 5.91 Å². The summed E-state index contributed by atoms with van der Waals surface area (Å²) in [6, 6.07) is 6.93. The first kappa shape index (κ1) is 15.1. The number of hydrogen-bond acceptors (Lipinski definition) is 4. The van der Waals surface area contributed by atoms with Crippen LogP contribution in [-0.4, -0.2) is 39.0 Å². The average Bonchev–Trinajstić information content (AvgIpc) is 2.77. The molecule has 1 atom stereocenters. The predicted molar refractivity (Wildman–Crippen MR) is 76.7 cm³/mol. The Morgan fingerprint density at radius 3 is 2.65 bits per heavy atom. The van der Waals surface area contributed by atoms with E-state index in [4.69, 9.17) is 16.3 Å². The van der Waals surface area contributed by atoms with Gasteiger partial charge in [0, 0.05) is 5.02 Å². The van der Waals surface area contributed by atoms with E-state index in [9.17, 15) is 13.2 Å². The summed E-state index contributed by atoms with van der Waals surface area (Å²) >= 11 is 5.75. The second-order valence-corrected chi connectivity index (χ2v) is 7.36. The number of halogens is 1. The molecular formula is C13H16ClNO4S. The van der Waals surface area contributed by atoms with E-state index >= 15 is 0 Å². The molecule has 1 fully saturated rings. The van der Waals surface area contributed by atoms with E-state index in [0.717, 1.165) is 0 Å². The fourth-order valence-corrected chi connectivity index (χ4v) is 3.89. The Kier molecular flexibility index (Phi) is 4.88. The minimum atomic E-state index is -3.02. The Hall–Kier alpha value is -1.27. The van der Waals surface area contributed by atoms with Crippen molar-refractivity contribution in [2.75, 3.05) is 24.7 Å². The third-order valence-corrected chi connectivity index (χ3v) is 5.11. The lowest BCUT2D eigenvalue weighted by atomic mass is 10.1. The lowest BCUT2D eigenvalue weighted by Crippen LogP contribution is -2.34. The van der Waals surface area contributed by atoms with Gasteiger partial charge in [0.05, 0.1) is 24.0 Å². The summed E-state index contributed by atoms with van der Waals surface area (Å²) < 4.78 is 28.0. The number of rotatable bonds is 5. The second kappa shape index (κ2) is 6.45. The molecule has 1 aliphatic heterocycles. The van der Waals surface area contributed by atoms with E-state index in [1.165, 1.54) is 0 Å². The van der Waals surface area contributed by atoms with Crippen LogP contribution in [0.15, 0.2) is 24.3 Å². The largest absolute Gasteiger partial charge is 0.492 e. The number of ether oxygens (including phenoxy) is 1. The van der Waals surface area contributed by atoms with Crippen LogP contribution in [0.3, 0.4) is 0 Å². The molecule has 0 spiro atoms. The molecule has 0 bridgehead atoms. The summed E-state index contributed by atoms with van der Waals surface area (Å²) in [6.07, 6.45) is 0.409. The van der Waals surface area contributed by atoms with Crippen molar-refractivity contribution in [3.63, 3.8) is 0 Å². The van der Waals surface area contributed by atoms with Crippen LogP contribution in [0.25, 0.3) is 0 Å². The molecule has 0 aromatic heterocycles. The van der Waals surface area contributed by atoms with Crippen molar-refractivity contribution in [2.45, 2.75) is 6.42 Å². The lowest BCUT2D eigenvalue weighted by molar-refractivity contribution is -0.124. The second-order valence-electron chi connectivity index (χ2n) is 4.69. The van der Waals surface area contributed by atoms with Gasteiger partial charge < -0.3 is 10.1 Å². The van der Waals surface area contributed by atoms with Gasteiger partial charge in [-0.2, -0.15) is 0 Å². The van der Waals surface area contributed by atoms with Gasteiger partial charge in [0.15, 0.2) is 9.84 Å². The molecule has 0 radical (unpaired) electrons. The van der Waals surface area contributed by atoms with Crippen molar-refractivity contribution in [3.8, 4) is 5.75 Å². The Bertz CT molecular complexity index is 571. The maximum Gasteiger partial charge on any atom is 0.224 e. The SMILES string of the molecule is O=C(NCCOc1ccc(Cl)cc1)C1CCS(=O)(=O)C1. The molecule has 0 aliphatic carbocycles. The van der Waals surface area contributed by atoms with Crippen molar-refractivity contribution in [1.82, 2.24) is 5.32 Å². The van der Waals surface area contributed by atoms with Crippen LogP contribution in [0, 0.1) is 5.92 Å². The standard InChI is InChI=1S/C13H16ClNO4S/c14-11-1-3-12(4-2-11)19-7-6-15-13(16)10-5-8-20(17,18)9-10/h1-4,10H,5-9H2,(H,15,16). The van der Waals surface area contributed by atoms with Gasteiger partial charge in [-0.25, -0.2) is 8.42 Å². The number of carbonyl (C=O) groups is 1. The normalized spacial score (nSPS) is 20.6. The smallest absolute Gasteiger partial charge is 0.224 e. The van der Waals surface area contributed by atoms with Crippen molar-refractivity contribution in [1.29, 1.82) is 0 Å². The van der Waals surface area contributed by atoms with Crippen molar-refractivity contribution in [3.05, 3.63) is 29.3 Å². The third kappa shape index (κ3) is 4.38. The Balaban J connectivity index is 1.68. The first-order valence-electron chi connectivity index (χ1n) is 6.33. The molecule has 1 aliphatic rings. The Labute approximate surface area is 123 Å². The van der Waals surface area contributed by atoms with E-state index in [-0.39, 0.29) is 17.4 Å². The van der Waals surface area contributed by atoms with E-state index in [2.05, 4.69) is 5.32 Å². The first-order valence-corrected chi connectivity index (χ1v) is 8.53. The van der Waals surface area contributed by atoms with Gasteiger partial charge in [0.25, 0.3) is 0 Å². The molecule has 1 heterocycles. The first-order chi connectivity index (χ1) is 9.46. The summed E-state index contributed by atoms with van der Waals surface area (Å²) in [7, 11) is -3.02. The van der Waals surface area contributed by atoms with Gasteiger partial charge in [-0.05, 0) is 30.7 Å². The van der Waals surface area contributed by atoms with Crippen LogP contribution in [0.1, 0.15) is 6.42 Å². The van der Waals surface area contributed by atoms with Crippen LogP contribution in [-0.2, 0) is 14.6 Å². The number of hydrogen-bond donors (Lipinski definition) is 1. The number of amides is 1. The van der Waals surface area contributed by atoms with Crippen LogP contribution >= 0.6 is 11.6 Å². The quantitative estimate of drug-likeness (QED) is 0.830. The third-order valence-electron chi connectivity index (χ3n) is 3.09. The predicted octanol–water partition coefficient (Wildman–Crippen LogP) is 1.27. The van der Waals surface area contributed by atoms with Crippen LogP contribution in [0.5, 0.6) is 5.75 Å². The highest BCUT2D eigenvalue weighted by molar-refractivity contribution is 7.91. The minimum absolute atomic E-state index is 0.0448. The van der Waals surface area contributed by atoms with Gasteiger partial charge >= 0.3 is 0 Å². The molecule has 1 N–H and O–H groups in total. The molecule has 0 saturated carbocycles. The number of sulfone groups is 1. The molecule has 7 heteroatoms. The molecule has 1 amide bonds. The molecule has 2 rings (SSSR count). The highest BCUT2D eigenvalue weighted by Gasteiger charge is 2.32. The fourth-order valence-electron chi connectivity index (χ4n) is 2.02. The van der Waals surface area contributed by atoms with Crippen molar-refractivity contribution >= 4 is 27.3 Å². The van der Waals surface area contributed by atoms with Gasteiger partial charge in [-0.15, -0.1) is 0 Å². The summed E-state index contributed by atoms with van der Waals surface area (Å²) in [6.45, 7) is 0.671. The number of carbonyl (C=O) groups excluding carboxylic acids is 1. The van der Waals surface area contributed by atoms with E-state index in [1.54, 1.807) is 24.3 Å². The average molecular weight is 318 g/mol. The summed E-state index contributed by atoms with van der Waals surface area (Å²) in [5, 5.41) is 3.32. The van der Waals surface area contributed by atoms with Gasteiger partial charge in [-0.1, -0.05) is 11.6 Å². The molecule has 20 heavy (non-hydrogen) atoms. The Morgan fingerprint density at radius 1 is 1.35 bits per heavy atom. The summed E-state index contributed by atoms with van der Waals surface area (Å²) in [5.41, 5.74) is 0. The molecule has 110 valence electrons. The van der Waals surface area contributed by atoms with Crippen molar-refractivity contribution in [2.24, 2.45) is 5.92 Å². The molecule has 1 unspecified atom stereocenters. The summed E-state index contributed by atoms with van der Waals surface area (Å²) in [4.78, 5) is 11.7. The van der Waals surface area contributed by atoms with Crippen LogP contribution in [0.2, 0.25) is 5.02 Å². The molecule has 5 nitrogen and oxygen atoms in total. The van der Waals surface area contributed by atoms with Gasteiger partial charge in [-0.3, -0.25) is 4.79 Å². The van der Waals surface area contributed by atoms with Gasteiger partial charge in [0.1, 0.15) is 12.4 Å². The molecular weight excluding hydrogens is 302 g/mol. The van der Waals surface area contributed by atoms with E-state index in [0.29, 0.717) is 30.3 Å². The van der Waals surface area contributed by atoms with E-state index < -0.39 is 15.8 Å². The van der Waals surface area contributed by atoms with Crippen LogP contribution in [0.4, 0.5) is 0 Å². The summed E-state index contributed by atoms with van der Waals surface area (Å²) in [5.74, 6) is 0.0943. The van der Waals surface area contributed by atoms with Crippen LogP contribution < -0.4 is 10.1 Å². The maximum absolute atomic E-state index is 11.7. The highest BCUT2D eigenvalue weighted by Crippen LogP contribution is 2.18. The monoisotopic (exact) mass is 317 g/mol. The zero-order chi connectivity index (χ0) is 14.6. The molecule has 1 aromatic carbocycles. The topological polar surface area (TPSA) is 72.5 Å². The zero-order valence-corrected chi connectivity index (χ0v) is 12.4.